The van der Waals surface area contributed by atoms with Gasteiger partial charge in [-0.05, 0) is 12.8 Å². The quantitative estimate of drug-likeness (QED) is 0.633. The number of nitrogens with zero attached hydrogens (tertiary/aromatic N) is 2. The largest absolute Gasteiger partial charge is 0.619 e. The van der Waals surface area contributed by atoms with Gasteiger partial charge in [0.1, 0.15) is 5.69 Å². The lowest BCUT2D eigenvalue weighted by Crippen LogP contribution is -2.37. The van der Waals surface area contributed by atoms with E-state index in [1.54, 1.807) is 0 Å². The maximum absolute atomic E-state index is 11.5. The molecule has 0 amide bonds. The van der Waals surface area contributed by atoms with E-state index in [0.29, 0.717) is 29.7 Å². The van der Waals surface area contributed by atoms with Crippen molar-refractivity contribution in [2.45, 2.75) is 38.5 Å². The highest BCUT2D eigenvalue weighted by Gasteiger charge is 2.40. The molecule has 0 radical (unpaired) electrons. The van der Waals surface area contributed by atoms with Crippen LogP contribution in [-0.2, 0) is 11.2 Å². The van der Waals surface area contributed by atoms with Crippen LogP contribution in [0.4, 0.5) is 0 Å². The van der Waals surface area contributed by atoms with Gasteiger partial charge in [0.25, 0.3) is 0 Å². The number of hydrogen-bond acceptors (Lipinski definition) is 3. The molecular weight excluding hydrogens is 220 g/mol. The van der Waals surface area contributed by atoms with E-state index in [1.165, 1.54) is 18.6 Å². The molecule has 1 saturated carbocycles. The first kappa shape index (κ1) is 11.8. The van der Waals surface area contributed by atoms with Crippen molar-refractivity contribution in [1.29, 1.82) is 0 Å². The second-order valence-electron chi connectivity index (χ2n) is 4.73. The monoisotopic (exact) mass is 236 g/mol. The molecule has 0 saturated heterocycles. The van der Waals surface area contributed by atoms with E-state index in [0.717, 1.165) is 19.3 Å². The fourth-order valence-corrected chi connectivity index (χ4v) is 2.55. The van der Waals surface area contributed by atoms with E-state index in [2.05, 4.69) is 4.98 Å². The average molecular weight is 236 g/mol. The predicted octanol–water partition coefficient (Wildman–Crippen LogP) is 1.29. The number of aromatic nitrogens is 2. The van der Waals surface area contributed by atoms with Crippen LogP contribution in [0.25, 0.3) is 0 Å². The van der Waals surface area contributed by atoms with Gasteiger partial charge in [0, 0.05) is 6.42 Å². The third-order valence-corrected chi connectivity index (χ3v) is 3.51. The number of hydrogen-bond donors (Lipinski definition) is 1. The van der Waals surface area contributed by atoms with E-state index < -0.39 is 11.4 Å². The fourth-order valence-electron chi connectivity index (χ4n) is 2.55. The Labute approximate surface area is 99.7 Å². The van der Waals surface area contributed by atoms with E-state index in [-0.39, 0.29) is 0 Å². The topological polar surface area (TPSA) is 77.1 Å². The van der Waals surface area contributed by atoms with Crippen LogP contribution in [0.2, 0.25) is 0 Å². The molecule has 0 aliphatic heterocycles. The summed E-state index contributed by atoms with van der Waals surface area (Å²) in [7, 11) is 0. The molecule has 2 rings (SSSR count). The number of aliphatic carboxylic acids is 1. The predicted molar refractivity (Wildman–Crippen MR) is 60.1 cm³/mol. The van der Waals surface area contributed by atoms with Crippen LogP contribution in [0.15, 0.2) is 18.6 Å². The fraction of sp³-hybridized carbons (Fsp3) is 0.583. The Bertz CT molecular complexity index is 414. The van der Waals surface area contributed by atoms with Gasteiger partial charge in [-0.15, -0.1) is 0 Å². The van der Waals surface area contributed by atoms with Gasteiger partial charge in [-0.25, -0.2) is 4.98 Å². The van der Waals surface area contributed by atoms with Crippen molar-refractivity contribution >= 4 is 5.97 Å². The Kier molecular flexibility index (Phi) is 3.26. The SMILES string of the molecule is O=C(O)C1(Cc2c[n+]([O-])ccn2)CCCCC1. The number of carboxylic acid groups (broad SMARTS) is 1. The number of carboxylic acids is 1. The summed E-state index contributed by atoms with van der Waals surface area (Å²) in [5, 5.41) is 20.5. The summed E-state index contributed by atoms with van der Waals surface area (Å²) in [6.45, 7) is 0. The standard InChI is InChI=1S/C12H16N2O3/c15-11(16)12(4-2-1-3-5-12)8-10-9-14(17)7-6-13-10/h6-7,9H,1-5,8H2,(H,15,16). The van der Waals surface area contributed by atoms with Crippen molar-refractivity contribution in [3.63, 3.8) is 0 Å². The summed E-state index contributed by atoms with van der Waals surface area (Å²) >= 11 is 0. The number of carbonyl (C=O) groups is 1. The molecule has 1 fully saturated rings. The van der Waals surface area contributed by atoms with Gasteiger partial charge < -0.3 is 10.3 Å². The van der Waals surface area contributed by atoms with E-state index in [9.17, 15) is 15.1 Å². The van der Waals surface area contributed by atoms with Crippen LogP contribution in [0.1, 0.15) is 37.8 Å². The molecule has 0 unspecified atom stereocenters. The minimum absolute atomic E-state index is 0.353. The third-order valence-electron chi connectivity index (χ3n) is 3.51. The van der Waals surface area contributed by atoms with Crippen LogP contribution >= 0.6 is 0 Å². The molecule has 1 aromatic heterocycles. The Morgan fingerprint density at radius 2 is 2.18 bits per heavy atom. The molecule has 0 bridgehead atoms. The maximum atomic E-state index is 11.5. The summed E-state index contributed by atoms with van der Waals surface area (Å²) < 4.78 is 0.667. The zero-order chi connectivity index (χ0) is 12.3. The van der Waals surface area contributed by atoms with E-state index in [4.69, 9.17) is 0 Å². The first-order valence-corrected chi connectivity index (χ1v) is 5.89. The molecule has 1 aromatic rings. The summed E-state index contributed by atoms with van der Waals surface area (Å²) in [5.74, 6) is -0.764. The summed E-state index contributed by atoms with van der Waals surface area (Å²) in [6, 6.07) is 0. The molecule has 17 heavy (non-hydrogen) atoms. The first-order chi connectivity index (χ1) is 8.12. The van der Waals surface area contributed by atoms with Crippen molar-refractivity contribution in [3.8, 4) is 0 Å². The number of rotatable bonds is 3. The molecule has 5 heteroatoms. The van der Waals surface area contributed by atoms with Gasteiger partial charge in [0.15, 0.2) is 6.20 Å². The Morgan fingerprint density at radius 1 is 1.47 bits per heavy atom. The van der Waals surface area contributed by atoms with Crippen molar-refractivity contribution in [2.24, 2.45) is 5.41 Å². The van der Waals surface area contributed by atoms with Crippen molar-refractivity contribution < 1.29 is 14.6 Å². The minimum Gasteiger partial charge on any atom is -0.619 e. The Morgan fingerprint density at radius 3 is 2.76 bits per heavy atom. The average Bonchev–Trinajstić information content (AvgIpc) is 2.30. The molecule has 0 spiro atoms. The van der Waals surface area contributed by atoms with Gasteiger partial charge >= 0.3 is 5.97 Å². The maximum Gasteiger partial charge on any atom is 0.310 e. The van der Waals surface area contributed by atoms with Gasteiger partial charge in [-0.3, -0.25) is 4.79 Å². The van der Waals surface area contributed by atoms with Crippen molar-refractivity contribution in [1.82, 2.24) is 4.98 Å². The van der Waals surface area contributed by atoms with Crippen LogP contribution < -0.4 is 4.73 Å². The first-order valence-electron chi connectivity index (χ1n) is 5.89. The molecule has 0 atom stereocenters. The zero-order valence-electron chi connectivity index (χ0n) is 9.63. The lowest BCUT2D eigenvalue weighted by atomic mass is 9.71. The second-order valence-corrected chi connectivity index (χ2v) is 4.73. The van der Waals surface area contributed by atoms with Crippen molar-refractivity contribution in [3.05, 3.63) is 29.5 Å². The van der Waals surface area contributed by atoms with Crippen LogP contribution in [0.5, 0.6) is 0 Å². The molecule has 0 aromatic carbocycles. The zero-order valence-corrected chi connectivity index (χ0v) is 9.63. The molecule has 1 heterocycles. The second kappa shape index (κ2) is 4.69. The Hall–Kier alpha value is -1.65. The molecule has 92 valence electrons. The highest BCUT2D eigenvalue weighted by molar-refractivity contribution is 5.75. The van der Waals surface area contributed by atoms with Gasteiger partial charge in [-0.2, -0.15) is 4.73 Å². The molecule has 1 aliphatic carbocycles. The Balaban J connectivity index is 2.20. The molecule has 1 N–H and O–H groups in total. The lowest BCUT2D eigenvalue weighted by molar-refractivity contribution is -0.606. The van der Waals surface area contributed by atoms with E-state index in [1.807, 2.05) is 0 Å². The van der Waals surface area contributed by atoms with Gasteiger partial charge in [0.2, 0.25) is 6.20 Å². The normalized spacial score (nSPS) is 18.8. The highest BCUT2D eigenvalue weighted by atomic mass is 16.5. The highest BCUT2D eigenvalue weighted by Crippen LogP contribution is 2.39. The van der Waals surface area contributed by atoms with Gasteiger partial charge in [0.05, 0.1) is 11.6 Å². The summed E-state index contributed by atoms with van der Waals surface area (Å²) in [6.07, 6.45) is 8.77. The molecule has 5 nitrogen and oxygen atoms in total. The summed E-state index contributed by atoms with van der Waals surface area (Å²) in [5.41, 5.74) is -0.161. The van der Waals surface area contributed by atoms with Crippen molar-refractivity contribution in [2.75, 3.05) is 0 Å². The third kappa shape index (κ3) is 2.54. The lowest BCUT2D eigenvalue weighted by Gasteiger charge is -2.32. The van der Waals surface area contributed by atoms with Gasteiger partial charge in [-0.1, -0.05) is 19.3 Å². The molecule has 1 aliphatic rings. The van der Waals surface area contributed by atoms with E-state index >= 15 is 0 Å². The summed E-state index contributed by atoms with van der Waals surface area (Å²) in [4.78, 5) is 15.5. The smallest absolute Gasteiger partial charge is 0.310 e. The van der Waals surface area contributed by atoms with Crippen LogP contribution in [0.3, 0.4) is 0 Å². The minimum atomic E-state index is -0.764. The molecular formula is C12H16N2O3. The van der Waals surface area contributed by atoms with Crippen LogP contribution in [-0.4, -0.2) is 16.1 Å². The van der Waals surface area contributed by atoms with Crippen LogP contribution in [0, 0.1) is 10.6 Å².